The van der Waals surface area contributed by atoms with E-state index < -0.39 is 0 Å². The molecular formula is C16H16ClN5O. The van der Waals surface area contributed by atoms with E-state index in [0.717, 1.165) is 23.4 Å². The molecule has 0 radical (unpaired) electrons. The van der Waals surface area contributed by atoms with E-state index in [1.807, 2.05) is 42.8 Å². The number of hydrogen-bond donors (Lipinski definition) is 1. The van der Waals surface area contributed by atoms with Gasteiger partial charge in [0.05, 0.1) is 35.7 Å². The lowest BCUT2D eigenvalue weighted by molar-refractivity contribution is 0.276. The molecule has 0 atom stereocenters. The number of halogens is 1. The van der Waals surface area contributed by atoms with Crippen LogP contribution in [0.5, 0.6) is 0 Å². The topological polar surface area (TPSA) is 76.7 Å². The molecule has 0 aliphatic rings. The van der Waals surface area contributed by atoms with Crippen molar-refractivity contribution in [2.24, 2.45) is 0 Å². The number of aliphatic hydroxyl groups excluding tert-OH is 1. The van der Waals surface area contributed by atoms with Crippen LogP contribution in [0.3, 0.4) is 0 Å². The third-order valence-electron chi connectivity index (χ3n) is 3.55. The summed E-state index contributed by atoms with van der Waals surface area (Å²) >= 11 is 6.01. The summed E-state index contributed by atoms with van der Waals surface area (Å²) in [7, 11) is 0. The molecule has 0 aliphatic heterocycles. The van der Waals surface area contributed by atoms with E-state index in [1.165, 1.54) is 0 Å². The van der Waals surface area contributed by atoms with Crippen LogP contribution in [0, 0.1) is 6.92 Å². The van der Waals surface area contributed by atoms with E-state index >= 15 is 0 Å². The quantitative estimate of drug-likeness (QED) is 0.796. The molecule has 23 heavy (non-hydrogen) atoms. The first-order valence-corrected chi connectivity index (χ1v) is 7.64. The van der Waals surface area contributed by atoms with Crippen LogP contribution in [0.25, 0.3) is 17.1 Å². The number of rotatable bonds is 4. The first-order chi connectivity index (χ1) is 11.1. The van der Waals surface area contributed by atoms with E-state index in [0.29, 0.717) is 22.2 Å². The molecule has 6 nitrogen and oxygen atoms in total. The van der Waals surface area contributed by atoms with Gasteiger partial charge < -0.3 is 9.67 Å². The van der Waals surface area contributed by atoms with E-state index in [-0.39, 0.29) is 6.61 Å². The van der Waals surface area contributed by atoms with Crippen molar-refractivity contribution in [1.82, 2.24) is 24.7 Å². The summed E-state index contributed by atoms with van der Waals surface area (Å²) in [4.78, 5) is 8.71. The Kier molecular flexibility index (Phi) is 4.36. The zero-order valence-corrected chi connectivity index (χ0v) is 13.6. The number of aromatic nitrogens is 5. The lowest BCUT2D eigenvalue weighted by Crippen LogP contribution is -2.03. The predicted octanol–water partition coefficient (Wildman–Crippen LogP) is 2.74. The van der Waals surface area contributed by atoms with Crippen LogP contribution < -0.4 is 0 Å². The molecule has 0 saturated heterocycles. The molecule has 0 bridgehead atoms. The van der Waals surface area contributed by atoms with E-state index in [2.05, 4.69) is 20.2 Å². The van der Waals surface area contributed by atoms with Gasteiger partial charge >= 0.3 is 0 Å². The molecule has 0 spiro atoms. The third kappa shape index (κ3) is 3.09. The number of aryl methyl sites for hydroxylation is 2. The molecular weight excluding hydrogens is 314 g/mol. The van der Waals surface area contributed by atoms with Gasteiger partial charge in [0.2, 0.25) is 0 Å². The maximum Gasteiger partial charge on any atom is 0.154 e. The van der Waals surface area contributed by atoms with Gasteiger partial charge in [-0.1, -0.05) is 18.5 Å². The van der Waals surface area contributed by atoms with Gasteiger partial charge in [0.25, 0.3) is 0 Å². The van der Waals surface area contributed by atoms with Crippen LogP contribution in [-0.2, 0) is 13.0 Å². The second-order valence-corrected chi connectivity index (χ2v) is 5.50. The van der Waals surface area contributed by atoms with Gasteiger partial charge in [-0.25, -0.2) is 9.97 Å². The molecule has 3 aromatic rings. The second-order valence-electron chi connectivity index (χ2n) is 5.14. The van der Waals surface area contributed by atoms with Crippen LogP contribution in [0.15, 0.2) is 30.7 Å². The fourth-order valence-corrected chi connectivity index (χ4v) is 2.56. The van der Waals surface area contributed by atoms with Gasteiger partial charge in [-0.3, -0.25) is 0 Å². The summed E-state index contributed by atoms with van der Waals surface area (Å²) in [5.41, 5.74) is 4.43. The van der Waals surface area contributed by atoms with Gasteiger partial charge in [-0.15, -0.1) is 10.2 Å². The van der Waals surface area contributed by atoms with Gasteiger partial charge in [0.1, 0.15) is 5.69 Å². The van der Waals surface area contributed by atoms with Crippen LogP contribution in [-0.4, -0.2) is 29.8 Å². The third-order valence-corrected chi connectivity index (χ3v) is 3.87. The summed E-state index contributed by atoms with van der Waals surface area (Å²) < 4.78 is 1.84. The minimum atomic E-state index is -0.179. The van der Waals surface area contributed by atoms with Crippen molar-refractivity contribution in [2.75, 3.05) is 0 Å². The Morgan fingerprint density at radius 1 is 1.22 bits per heavy atom. The van der Waals surface area contributed by atoms with Crippen molar-refractivity contribution < 1.29 is 5.11 Å². The van der Waals surface area contributed by atoms with Crippen molar-refractivity contribution in [1.29, 1.82) is 0 Å². The highest BCUT2D eigenvalue weighted by Gasteiger charge is 2.11. The lowest BCUT2D eigenvalue weighted by atomic mass is 10.1. The van der Waals surface area contributed by atoms with Gasteiger partial charge in [0, 0.05) is 6.20 Å². The molecule has 3 heterocycles. The Morgan fingerprint density at radius 3 is 2.70 bits per heavy atom. The Bertz CT molecular complexity index is 846. The number of hydrogen-bond acceptors (Lipinski definition) is 5. The van der Waals surface area contributed by atoms with Crippen LogP contribution >= 0.6 is 11.6 Å². The highest BCUT2D eigenvalue weighted by molar-refractivity contribution is 6.30. The fraction of sp³-hybridized carbons (Fsp3) is 0.250. The Labute approximate surface area is 138 Å². The molecule has 0 aliphatic carbocycles. The zero-order chi connectivity index (χ0) is 16.4. The first-order valence-electron chi connectivity index (χ1n) is 7.26. The number of nitrogens with zero attached hydrogens (tertiary/aromatic N) is 5. The van der Waals surface area contributed by atoms with Crippen LogP contribution in [0.1, 0.15) is 23.9 Å². The minimum Gasteiger partial charge on any atom is -0.390 e. The lowest BCUT2D eigenvalue weighted by Gasteiger charge is -2.10. The molecule has 0 saturated carbocycles. The summed E-state index contributed by atoms with van der Waals surface area (Å²) in [6.45, 7) is 3.73. The maximum atomic E-state index is 9.65. The zero-order valence-electron chi connectivity index (χ0n) is 12.9. The molecule has 0 amide bonds. The number of aliphatic hydroxyl groups is 1. The molecule has 3 rings (SSSR count). The van der Waals surface area contributed by atoms with Crippen molar-refractivity contribution >= 4 is 11.6 Å². The molecule has 118 valence electrons. The van der Waals surface area contributed by atoms with Crippen molar-refractivity contribution in [3.63, 3.8) is 0 Å². The molecule has 3 aromatic heterocycles. The number of imidazole rings is 1. The first kappa shape index (κ1) is 15.6. The Balaban J connectivity index is 2.05. The summed E-state index contributed by atoms with van der Waals surface area (Å²) in [6, 6.07) is 5.61. The largest absolute Gasteiger partial charge is 0.390 e. The summed E-state index contributed by atoms with van der Waals surface area (Å²) in [6.07, 6.45) is 4.34. The Morgan fingerprint density at radius 2 is 2.04 bits per heavy atom. The average Bonchev–Trinajstić information content (AvgIpc) is 3.01. The average molecular weight is 330 g/mol. The van der Waals surface area contributed by atoms with Crippen molar-refractivity contribution in [3.8, 4) is 17.1 Å². The SMILES string of the molecule is CCc1cc(-c2ccc(-n3cnc(C)c3)c(CO)n2)nnc1Cl. The predicted molar refractivity (Wildman–Crippen MR) is 87.4 cm³/mol. The van der Waals surface area contributed by atoms with Crippen molar-refractivity contribution in [2.45, 2.75) is 26.9 Å². The van der Waals surface area contributed by atoms with Gasteiger partial charge in [-0.05, 0) is 37.1 Å². The molecule has 0 fully saturated rings. The molecule has 0 aromatic carbocycles. The second kappa shape index (κ2) is 6.44. The molecule has 0 unspecified atom stereocenters. The van der Waals surface area contributed by atoms with Crippen LogP contribution in [0.4, 0.5) is 0 Å². The highest BCUT2D eigenvalue weighted by Crippen LogP contribution is 2.23. The maximum absolute atomic E-state index is 9.65. The van der Waals surface area contributed by atoms with Gasteiger partial charge in [-0.2, -0.15) is 0 Å². The van der Waals surface area contributed by atoms with Gasteiger partial charge in [0.15, 0.2) is 5.15 Å². The molecule has 1 N–H and O–H groups in total. The van der Waals surface area contributed by atoms with E-state index in [1.54, 1.807) is 6.33 Å². The summed E-state index contributed by atoms with van der Waals surface area (Å²) in [5, 5.41) is 18.1. The minimum absolute atomic E-state index is 0.179. The number of pyridine rings is 1. The normalized spacial score (nSPS) is 11.0. The van der Waals surface area contributed by atoms with E-state index in [9.17, 15) is 5.11 Å². The molecule has 7 heteroatoms. The highest BCUT2D eigenvalue weighted by atomic mass is 35.5. The smallest absolute Gasteiger partial charge is 0.154 e. The standard InChI is InChI=1S/C16H16ClN5O/c1-3-11-6-13(20-21-16(11)17)12-4-5-15(14(8-23)19-12)22-7-10(2)18-9-22/h4-7,9,23H,3,8H2,1-2H3. The monoisotopic (exact) mass is 329 g/mol. The van der Waals surface area contributed by atoms with E-state index in [4.69, 9.17) is 11.6 Å². The van der Waals surface area contributed by atoms with Crippen LogP contribution in [0.2, 0.25) is 5.15 Å². The summed E-state index contributed by atoms with van der Waals surface area (Å²) in [5.74, 6) is 0. The fourth-order valence-electron chi connectivity index (χ4n) is 2.33. The Hall–Kier alpha value is -2.31. The van der Waals surface area contributed by atoms with Crippen molar-refractivity contribution in [3.05, 3.63) is 52.8 Å².